The third kappa shape index (κ3) is 1.13. The molecule has 0 aliphatic heterocycles. The summed E-state index contributed by atoms with van der Waals surface area (Å²) in [4.78, 5) is 3.94. The summed E-state index contributed by atoms with van der Waals surface area (Å²) in [5.41, 5.74) is 5.26. The van der Waals surface area contributed by atoms with Crippen molar-refractivity contribution in [1.29, 1.82) is 0 Å². The zero-order valence-electron chi connectivity index (χ0n) is 7.22. The molecule has 4 heteroatoms. The summed E-state index contributed by atoms with van der Waals surface area (Å²) in [6.45, 7) is 1.80. The molecule has 1 aromatic rings. The van der Waals surface area contributed by atoms with E-state index in [2.05, 4.69) is 4.98 Å². The van der Waals surface area contributed by atoms with E-state index in [1.165, 1.54) is 6.20 Å². The van der Waals surface area contributed by atoms with E-state index in [0.717, 1.165) is 5.69 Å². The van der Waals surface area contributed by atoms with E-state index in [1.54, 1.807) is 19.1 Å². The van der Waals surface area contributed by atoms with Gasteiger partial charge in [0.1, 0.15) is 5.54 Å². The van der Waals surface area contributed by atoms with Crippen LogP contribution in [0.4, 0.5) is 8.78 Å². The van der Waals surface area contributed by atoms with Gasteiger partial charge >= 0.3 is 0 Å². The maximum atomic E-state index is 12.8. The maximum absolute atomic E-state index is 12.8. The van der Waals surface area contributed by atoms with Gasteiger partial charge in [-0.15, -0.1) is 0 Å². The highest BCUT2D eigenvalue weighted by molar-refractivity contribution is 5.34. The van der Waals surface area contributed by atoms with Crippen LogP contribution in [0.25, 0.3) is 0 Å². The number of alkyl halides is 2. The van der Waals surface area contributed by atoms with Gasteiger partial charge in [0.25, 0.3) is 5.92 Å². The number of aryl methyl sites for hydroxylation is 1. The molecule has 1 heterocycles. The fourth-order valence-corrected chi connectivity index (χ4v) is 1.35. The average molecular weight is 184 g/mol. The van der Waals surface area contributed by atoms with Gasteiger partial charge in [0.2, 0.25) is 0 Å². The lowest BCUT2D eigenvalue weighted by atomic mass is 10.1. The molecule has 1 atom stereocenters. The largest absolute Gasteiger partial charge is 0.316 e. The van der Waals surface area contributed by atoms with Gasteiger partial charge in [-0.25, -0.2) is 8.78 Å². The quantitative estimate of drug-likeness (QED) is 0.719. The highest BCUT2D eigenvalue weighted by Gasteiger charge is 2.70. The number of nitrogens with zero attached hydrogens (tertiary/aromatic N) is 1. The van der Waals surface area contributed by atoms with E-state index in [1.807, 2.05) is 0 Å². The molecule has 1 aliphatic carbocycles. The van der Waals surface area contributed by atoms with Crippen molar-refractivity contribution in [2.45, 2.75) is 24.8 Å². The topological polar surface area (TPSA) is 38.9 Å². The number of nitrogens with two attached hydrogens (primary N) is 1. The van der Waals surface area contributed by atoms with Crippen LogP contribution in [0.1, 0.15) is 17.7 Å². The molecule has 0 saturated heterocycles. The van der Waals surface area contributed by atoms with Gasteiger partial charge in [-0.05, 0) is 18.6 Å². The summed E-state index contributed by atoms with van der Waals surface area (Å²) < 4.78 is 25.6. The normalized spacial score (nSPS) is 30.2. The van der Waals surface area contributed by atoms with Crippen molar-refractivity contribution < 1.29 is 8.78 Å². The standard InChI is InChI=1S/C9H10F2N2/c1-6-2-3-7(4-13-6)8(12)5-9(8,10)11/h2-4H,5,12H2,1H3. The number of pyridine rings is 1. The van der Waals surface area contributed by atoms with E-state index in [4.69, 9.17) is 5.73 Å². The fourth-order valence-electron chi connectivity index (χ4n) is 1.35. The summed E-state index contributed by atoms with van der Waals surface area (Å²) in [5, 5.41) is 0. The fraction of sp³-hybridized carbons (Fsp3) is 0.444. The molecule has 1 aromatic heterocycles. The van der Waals surface area contributed by atoms with Crippen LogP contribution in [0, 0.1) is 6.92 Å². The molecule has 1 unspecified atom stereocenters. The smallest absolute Gasteiger partial charge is 0.272 e. The van der Waals surface area contributed by atoms with Crippen LogP contribution in [-0.4, -0.2) is 10.9 Å². The summed E-state index contributed by atoms with van der Waals surface area (Å²) in [5.74, 6) is -2.76. The van der Waals surface area contributed by atoms with Crippen LogP contribution in [0.5, 0.6) is 0 Å². The minimum Gasteiger partial charge on any atom is -0.316 e. The first-order valence-electron chi connectivity index (χ1n) is 4.05. The molecule has 0 bridgehead atoms. The lowest BCUT2D eigenvalue weighted by molar-refractivity contribution is 0.0890. The van der Waals surface area contributed by atoms with Gasteiger partial charge in [0.15, 0.2) is 0 Å². The summed E-state index contributed by atoms with van der Waals surface area (Å²) in [7, 11) is 0. The van der Waals surface area contributed by atoms with Crippen LogP contribution in [0.2, 0.25) is 0 Å². The Kier molecular flexibility index (Phi) is 1.49. The van der Waals surface area contributed by atoms with Gasteiger partial charge in [-0.1, -0.05) is 6.07 Å². The van der Waals surface area contributed by atoms with Crippen LogP contribution < -0.4 is 5.73 Å². The molecule has 2 nitrogen and oxygen atoms in total. The molecule has 1 aliphatic rings. The van der Waals surface area contributed by atoms with Crippen molar-refractivity contribution in [2.75, 3.05) is 0 Å². The minimum atomic E-state index is -2.76. The second-order valence-electron chi connectivity index (χ2n) is 3.54. The molecular weight excluding hydrogens is 174 g/mol. The highest BCUT2D eigenvalue weighted by Crippen LogP contribution is 2.57. The molecule has 0 aromatic carbocycles. The van der Waals surface area contributed by atoms with E-state index >= 15 is 0 Å². The molecule has 2 N–H and O–H groups in total. The molecule has 70 valence electrons. The van der Waals surface area contributed by atoms with Gasteiger partial charge in [0.05, 0.1) is 0 Å². The van der Waals surface area contributed by atoms with Crippen molar-refractivity contribution >= 4 is 0 Å². The van der Waals surface area contributed by atoms with Crippen LogP contribution in [-0.2, 0) is 5.54 Å². The second kappa shape index (κ2) is 2.26. The molecule has 0 amide bonds. The van der Waals surface area contributed by atoms with E-state index in [-0.39, 0.29) is 6.42 Å². The Bertz CT molecular complexity index is 334. The lowest BCUT2D eigenvalue weighted by Gasteiger charge is -2.09. The number of hydrogen-bond acceptors (Lipinski definition) is 2. The van der Waals surface area contributed by atoms with Crippen LogP contribution >= 0.6 is 0 Å². The van der Waals surface area contributed by atoms with Crippen molar-refractivity contribution in [2.24, 2.45) is 5.73 Å². The predicted molar refractivity (Wildman–Crippen MR) is 44.4 cm³/mol. The molecular formula is C9H10F2N2. The molecule has 0 spiro atoms. The van der Waals surface area contributed by atoms with Gasteiger partial charge < -0.3 is 5.73 Å². The highest BCUT2D eigenvalue weighted by atomic mass is 19.3. The van der Waals surface area contributed by atoms with Crippen molar-refractivity contribution in [3.05, 3.63) is 29.6 Å². The average Bonchev–Trinajstić information content (AvgIpc) is 2.53. The molecule has 13 heavy (non-hydrogen) atoms. The Morgan fingerprint density at radius 2 is 2.08 bits per heavy atom. The minimum absolute atomic E-state index is 0.273. The molecule has 1 saturated carbocycles. The second-order valence-corrected chi connectivity index (χ2v) is 3.54. The Hall–Kier alpha value is -1.03. The van der Waals surface area contributed by atoms with Crippen molar-refractivity contribution in [3.63, 3.8) is 0 Å². The number of rotatable bonds is 1. The van der Waals surface area contributed by atoms with E-state index in [0.29, 0.717) is 5.56 Å². The molecule has 1 fully saturated rings. The monoisotopic (exact) mass is 184 g/mol. The Labute approximate surface area is 74.8 Å². The number of hydrogen-bond donors (Lipinski definition) is 1. The maximum Gasteiger partial charge on any atom is 0.272 e. The zero-order valence-corrected chi connectivity index (χ0v) is 7.22. The summed E-state index contributed by atoms with van der Waals surface area (Å²) in [6.07, 6.45) is 1.15. The summed E-state index contributed by atoms with van der Waals surface area (Å²) in [6, 6.07) is 3.31. The van der Waals surface area contributed by atoms with Gasteiger partial charge in [-0.2, -0.15) is 0 Å². The van der Waals surface area contributed by atoms with E-state index < -0.39 is 11.5 Å². The van der Waals surface area contributed by atoms with Crippen LogP contribution in [0.3, 0.4) is 0 Å². The zero-order chi connectivity index (χ0) is 9.69. The first-order valence-corrected chi connectivity index (χ1v) is 4.05. The number of halogens is 2. The summed E-state index contributed by atoms with van der Waals surface area (Å²) >= 11 is 0. The third-order valence-corrected chi connectivity index (χ3v) is 2.46. The Morgan fingerprint density at radius 1 is 1.46 bits per heavy atom. The van der Waals surface area contributed by atoms with Gasteiger partial charge in [0, 0.05) is 18.3 Å². The van der Waals surface area contributed by atoms with Crippen molar-refractivity contribution in [3.8, 4) is 0 Å². The first-order chi connectivity index (χ1) is 5.96. The molecule has 2 rings (SSSR count). The molecule has 0 radical (unpaired) electrons. The lowest BCUT2D eigenvalue weighted by Crippen LogP contribution is -2.27. The third-order valence-electron chi connectivity index (χ3n) is 2.46. The SMILES string of the molecule is Cc1ccc(C2(N)CC2(F)F)cn1. The van der Waals surface area contributed by atoms with Gasteiger partial charge in [-0.3, -0.25) is 4.98 Å². The Balaban J connectivity index is 2.34. The number of aromatic nitrogens is 1. The van der Waals surface area contributed by atoms with E-state index in [9.17, 15) is 8.78 Å². The Morgan fingerprint density at radius 3 is 2.46 bits per heavy atom. The van der Waals surface area contributed by atoms with Crippen molar-refractivity contribution in [1.82, 2.24) is 4.98 Å². The predicted octanol–water partition coefficient (Wildman–Crippen LogP) is 1.58. The first kappa shape index (κ1) is 8.56. The van der Waals surface area contributed by atoms with Crippen LogP contribution in [0.15, 0.2) is 18.3 Å².